The predicted octanol–water partition coefficient (Wildman–Crippen LogP) is 6.39. The minimum absolute atomic E-state index is 0.138. The molecule has 0 radical (unpaired) electrons. The van der Waals surface area contributed by atoms with Gasteiger partial charge in [0.2, 0.25) is 0 Å². The highest BCUT2D eigenvalue weighted by molar-refractivity contribution is 7.71. The highest BCUT2D eigenvalue weighted by Gasteiger charge is 2.46. The van der Waals surface area contributed by atoms with E-state index >= 15 is 0 Å². The molecule has 172 valence electrons. The summed E-state index contributed by atoms with van der Waals surface area (Å²) in [5.74, 6) is 1.13. The van der Waals surface area contributed by atoms with Crippen molar-refractivity contribution < 1.29 is 13.2 Å². The van der Waals surface area contributed by atoms with Crippen LogP contribution in [0.15, 0.2) is 30.3 Å². The quantitative estimate of drug-likeness (QED) is 0.415. The fraction of sp³-hybridized carbons (Fsp3) is 0.500. The van der Waals surface area contributed by atoms with Gasteiger partial charge in [0, 0.05) is 19.0 Å². The Morgan fingerprint density at radius 3 is 2.56 bits per heavy atom. The van der Waals surface area contributed by atoms with Gasteiger partial charge in [0.25, 0.3) is 0 Å². The molecule has 1 aliphatic rings. The number of benzene rings is 1. The number of H-pyrrole nitrogens is 1. The van der Waals surface area contributed by atoms with E-state index in [9.17, 15) is 13.2 Å². The summed E-state index contributed by atoms with van der Waals surface area (Å²) in [5, 5.41) is 14.5. The van der Waals surface area contributed by atoms with Crippen LogP contribution in [-0.2, 0) is 6.54 Å². The first-order valence-corrected chi connectivity index (χ1v) is 11.3. The summed E-state index contributed by atoms with van der Waals surface area (Å²) in [6, 6.07) is 7.20. The van der Waals surface area contributed by atoms with Crippen molar-refractivity contribution >= 4 is 18.0 Å². The number of unbranched alkanes of at least 4 members (excludes halogenated alkanes) is 1. The molecule has 3 aromatic rings. The van der Waals surface area contributed by atoms with E-state index in [1.165, 1.54) is 0 Å². The van der Waals surface area contributed by atoms with Crippen LogP contribution in [0.2, 0.25) is 0 Å². The summed E-state index contributed by atoms with van der Waals surface area (Å²) >= 11 is 5.30. The van der Waals surface area contributed by atoms with E-state index in [0.717, 1.165) is 28.7 Å². The first-order chi connectivity index (χ1) is 15.2. The van der Waals surface area contributed by atoms with E-state index in [1.807, 2.05) is 24.3 Å². The Kier molecular flexibility index (Phi) is 6.15. The SMILES string of the molecule is CCCCn1c(-c2cc3n(n2)[C@H](C(F)(F)F)C[C@H](c2ccc(C(C)C)cc2)N3)n[nH]c1=S. The summed E-state index contributed by atoms with van der Waals surface area (Å²) in [4.78, 5) is 0. The zero-order chi connectivity index (χ0) is 23.0. The number of alkyl halides is 3. The second-order valence-corrected chi connectivity index (χ2v) is 8.92. The van der Waals surface area contributed by atoms with Crippen molar-refractivity contribution in [3.63, 3.8) is 0 Å². The molecule has 32 heavy (non-hydrogen) atoms. The van der Waals surface area contributed by atoms with Gasteiger partial charge in [0.15, 0.2) is 16.6 Å². The number of nitrogens with zero attached hydrogens (tertiary/aromatic N) is 4. The van der Waals surface area contributed by atoms with Gasteiger partial charge >= 0.3 is 6.18 Å². The number of aromatic amines is 1. The number of rotatable bonds is 6. The van der Waals surface area contributed by atoms with Crippen molar-refractivity contribution in [2.45, 2.75) is 70.8 Å². The smallest absolute Gasteiger partial charge is 0.363 e. The van der Waals surface area contributed by atoms with Gasteiger partial charge in [-0.3, -0.25) is 9.67 Å². The van der Waals surface area contributed by atoms with Gasteiger partial charge < -0.3 is 5.32 Å². The average Bonchev–Trinajstić information content (AvgIpc) is 3.33. The molecule has 6 nitrogen and oxygen atoms in total. The second kappa shape index (κ2) is 8.73. The van der Waals surface area contributed by atoms with Crippen LogP contribution in [0, 0.1) is 4.77 Å². The maximum Gasteiger partial charge on any atom is 0.410 e. The molecule has 0 spiro atoms. The van der Waals surface area contributed by atoms with Crippen molar-refractivity contribution in [2.75, 3.05) is 5.32 Å². The predicted molar refractivity (Wildman–Crippen MR) is 120 cm³/mol. The van der Waals surface area contributed by atoms with Crippen LogP contribution in [0.4, 0.5) is 19.0 Å². The topological polar surface area (TPSA) is 63.5 Å². The van der Waals surface area contributed by atoms with Gasteiger partial charge in [-0.2, -0.15) is 23.4 Å². The maximum absolute atomic E-state index is 14.0. The average molecular weight is 465 g/mol. The van der Waals surface area contributed by atoms with Crippen LogP contribution in [-0.4, -0.2) is 30.7 Å². The lowest BCUT2D eigenvalue weighted by Crippen LogP contribution is -2.35. The van der Waals surface area contributed by atoms with Crippen LogP contribution in [0.25, 0.3) is 11.5 Å². The minimum atomic E-state index is -4.43. The number of aromatic nitrogens is 5. The van der Waals surface area contributed by atoms with Crippen LogP contribution in [0.5, 0.6) is 0 Å². The third-order valence-corrected chi connectivity index (χ3v) is 6.23. The summed E-state index contributed by atoms with van der Waals surface area (Å²) < 4.78 is 45.3. The number of halogens is 3. The Bertz CT molecular complexity index is 1130. The molecule has 3 heterocycles. The third-order valence-electron chi connectivity index (χ3n) is 5.92. The van der Waals surface area contributed by atoms with Gasteiger partial charge in [0.05, 0.1) is 6.04 Å². The zero-order valence-electron chi connectivity index (χ0n) is 18.3. The van der Waals surface area contributed by atoms with Crippen molar-refractivity contribution in [2.24, 2.45) is 0 Å². The Morgan fingerprint density at radius 2 is 1.94 bits per heavy atom. The van der Waals surface area contributed by atoms with Crippen molar-refractivity contribution in [3.05, 3.63) is 46.2 Å². The number of nitrogens with one attached hydrogen (secondary N) is 2. The van der Waals surface area contributed by atoms with Gasteiger partial charge in [-0.15, -0.1) is 0 Å². The largest absolute Gasteiger partial charge is 0.410 e. The first-order valence-electron chi connectivity index (χ1n) is 10.9. The fourth-order valence-corrected chi connectivity index (χ4v) is 4.27. The summed E-state index contributed by atoms with van der Waals surface area (Å²) in [6.07, 6.45) is -2.72. The fourth-order valence-electron chi connectivity index (χ4n) is 4.05. The normalized spacial score (nSPS) is 18.6. The third kappa shape index (κ3) is 4.32. The van der Waals surface area contributed by atoms with Gasteiger partial charge in [-0.25, -0.2) is 4.68 Å². The molecule has 1 aromatic carbocycles. The van der Waals surface area contributed by atoms with E-state index in [4.69, 9.17) is 12.2 Å². The number of hydrogen-bond acceptors (Lipinski definition) is 4. The highest BCUT2D eigenvalue weighted by atomic mass is 32.1. The van der Waals surface area contributed by atoms with Gasteiger partial charge in [0.1, 0.15) is 11.5 Å². The lowest BCUT2D eigenvalue weighted by atomic mass is 9.94. The molecule has 0 saturated heterocycles. The lowest BCUT2D eigenvalue weighted by molar-refractivity contribution is -0.173. The summed E-state index contributed by atoms with van der Waals surface area (Å²) in [6.45, 7) is 6.86. The van der Waals surface area contributed by atoms with Crippen molar-refractivity contribution in [1.82, 2.24) is 24.5 Å². The van der Waals surface area contributed by atoms with E-state index in [2.05, 4.69) is 41.4 Å². The van der Waals surface area contributed by atoms with E-state index in [-0.39, 0.29) is 6.42 Å². The number of hydrogen-bond donors (Lipinski definition) is 2. The summed E-state index contributed by atoms with van der Waals surface area (Å²) in [5.41, 5.74) is 2.34. The van der Waals surface area contributed by atoms with Gasteiger partial charge in [-0.05, 0) is 35.7 Å². The molecular formula is C22H27F3N6S. The standard InChI is InChI=1S/C22H27F3N6S/c1-4-5-10-30-20(27-28-21(30)32)17-12-19-26-16(11-18(22(23,24)25)31(19)29-17)15-8-6-14(7-9-15)13(2)3/h6-9,12-13,16,18,26H,4-5,10-11H2,1-3H3,(H,28,32)/t16-,18+/m1/s1. The first kappa shape index (κ1) is 22.6. The van der Waals surface area contributed by atoms with E-state index < -0.39 is 18.3 Å². The molecule has 10 heteroatoms. The molecule has 2 aromatic heterocycles. The molecule has 0 aliphatic carbocycles. The van der Waals surface area contributed by atoms with Crippen LogP contribution < -0.4 is 5.32 Å². The van der Waals surface area contributed by atoms with Crippen molar-refractivity contribution in [3.8, 4) is 11.5 Å². The Balaban J connectivity index is 1.71. The van der Waals surface area contributed by atoms with E-state index in [0.29, 0.717) is 34.6 Å². The Hall–Kier alpha value is -2.62. The highest BCUT2D eigenvalue weighted by Crippen LogP contribution is 2.44. The molecule has 0 bridgehead atoms. The molecular weight excluding hydrogens is 437 g/mol. The second-order valence-electron chi connectivity index (χ2n) is 8.53. The Labute approximate surface area is 189 Å². The zero-order valence-corrected chi connectivity index (χ0v) is 19.1. The van der Waals surface area contributed by atoms with E-state index in [1.54, 1.807) is 10.6 Å². The molecule has 4 rings (SSSR count). The summed E-state index contributed by atoms with van der Waals surface area (Å²) in [7, 11) is 0. The molecule has 0 amide bonds. The van der Waals surface area contributed by atoms with Crippen LogP contribution in [0.1, 0.15) is 69.2 Å². The number of anilines is 1. The Morgan fingerprint density at radius 1 is 1.22 bits per heavy atom. The molecule has 2 N–H and O–H groups in total. The molecule has 0 fully saturated rings. The molecule has 0 unspecified atom stereocenters. The number of fused-ring (bicyclic) bond motifs is 1. The monoisotopic (exact) mass is 464 g/mol. The lowest BCUT2D eigenvalue weighted by Gasteiger charge is -2.33. The molecule has 0 saturated carbocycles. The van der Waals surface area contributed by atoms with Crippen LogP contribution >= 0.6 is 12.2 Å². The maximum atomic E-state index is 14.0. The molecule has 2 atom stereocenters. The van der Waals surface area contributed by atoms with Crippen molar-refractivity contribution in [1.29, 1.82) is 0 Å². The molecule has 1 aliphatic heterocycles. The minimum Gasteiger partial charge on any atom is -0.363 e. The van der Waals surface area contributed by atoms with Crippen LogP contribution in [0.3, 0.4) is 0 Å². The van der Waals surface area contributed by atoms with Gasteiger partial charge in [-0.1, -0.05) is 51.5 Å².